The molecule has 0 aromatic rings. The summed E-state index contributed by atoms with van der Waals surface area (Å²) in [5.74, 6) is -0.371. The van der Waals surface area contributed by atoms with Crippen molar-refractivity contribution in [2.24, 2.45) is 5.16 Å². The Balaban J connectivity index is 2.27. The van der Waals surface area contributed by atoms with Gasteiger partial charge in [0.05, 0.1) is 5.71 Å². The van der Waals surface area contributed by atoms with Crippen LogP contribution in [0.2, 0.25) is 0 Å². The molecule has 8 heavy (non-hydrogen) atoms. The minimum atomic E-state index is -0.371. The minimum Gasteiger partial charge on any atom is -0.357 e. The number of oxime groups is 1. The van der Waals surface area contributed by atoms with Crippen molar-refractivity contribution in [3.05, 3.63) is 0 Å². The molecular formula is C5H7NO2. The van der Waals surface area contributed by atoms with E-state index in [2.05, 4.69) is 5.16 Å². The van der Waals surface area contributed by atoms with Crippen molar-refractivity contribution in [1.82, 2.24) is 0 Å². The standard InChI is InChI=1S/C5H7NO2/c1-3-4-5(2,7-4)8-6-3/h4H,1-2H3/t4?,5-/m0/s1. The van der Waals surface area contributed by atoms with E-state index in [1.54, 1.807) is 0 Å². The van der Waals surface area contributed by atoms with Crippen molar-refractivity contribution in [1.29, 1.82) is 0 Å². The first-order valence-electron chi connectivity index (χ1n) is 2.63. The van der Waals surface area contributed by atoms with Crippen molar-refractivity contribution in [3.63, 3.8) is 0 Å². The SMILES string of the molecule is CC1=NO[C@]2(C)OC12. The van der Waals surface area contributed by atoms with Crippen LogP contribution in [-0.4, -0.2) is 17.6 Å². The van der Waals surface area contributed by atoms with E-state index in [0.29, 0.717) is 0 Å². The lowest BCUT2D eigenvalue weighted by molar-refractivity contribution is -0.0248. The second kappa shape index (κ2) is 0.910. The first-order chi connectivity index (χ1) is 3.72. The summed E-state index contributed by atoms with van der Waals surface area (Å²) in [6, 6.07) is 0. The lowest BCUT2D eigenvalue weighted by Gasteiger charge is -1.94. The fourth-order valence-corrected chi connectivity index (χ4v) is 0.945. The Hall–Kier alpha value is -0.570. The Morgan fingerprint density at radius 2 is 2.50 bits per heavy atom. The normalized spacial score (nSPS) is 49.8. The zero-order valence-corrected chi connectivity index (χ0v) is 4.84. The van der Waals surface area contributed by atoms with Gasteiger partial charge in [-0.1, -0.05) is 5.16 Å². The van der Waals surface area contributed by atoms with Crippen LogP contribution in [0.4, 0.5) is 0 Å². The molecule has 44 valence electrons. The van der Waals surface area contributed by atoms with Gasteiger partial charge in [-0.25, -0.2) is 0 Å². The lowest BCUT2D eigenvalue weighted by atomic mass is 10.2. The molecule has 2 rings (SSSR count). The monoisotopic (exact) mass is 113 g/mol. The zero-order valence-electron chi connectivity index (χ0n) is 4.84. The predicted octanol–water partition coefficient (Wildman–Crippen LogP) is 0.508. The van der Waals surface area contributed by atoms with Crippen LogP contribution in [0.15, 0.2) is 5.16 Å². The number of ether oxygens (including phenoxy) is 1. The van der Waals surface area contributed by atoms with Gasteiger partial charge in [0, 0.05) is 6.92 Å². The van der Waals surface area contributed by atoms with Gasteiger partial charge in [-0.3, -0.25) is 0 Å². The van der Waals surface area contributed by atoms with Crippen molar-refractivity contribution < 1.29 is 9.57 Å². The quantitative estimate of drug-likeness (QED) is 0.429. The highest BCUT2D eigenvalue weighted by atomic mass is 16.9. The Kier molecular flexibility index (Phi) is 0.492. The summed E-state index contributed by atoms with van der Waals surface area (Å²) in [5.41, 5.74) is 0.951. The number of rotatable bonds is 0. The van der Waals surface area contributed by atoms with Gasteiger partial charge in [-0.15, -0.1) is 0 Å². The Morgan fingerprint density at radius 1 is 1.75 bits per heavy atom. The first kappa shape index (κ1) is 4.32. The van der Waals surface area contributed by atoms with E-state index in [9.17, 15) is 0 Å². The largest absolute Gasteiger partial charge is 0.357 e. The van der Waals surface area contributed by atoms with Crippen LogP contribution in [0.1, 0.15) is 13.8 Å². The lowest BCUT2D eigenvalue weighted by Crippen LogP contribution is -2.07. The Morgan fingerprint density at radius 3 is 2.62 bits per heavy atom. The van der Waals surface area contributed by atoms with Gasteiger partial charge in [-0.05, 0) is 6.92 Å². The van der Waals surface area contributed by atoms with Gasteiger partial charge < -0.3 is 9.57 Å². The van der Waals surface area contributed by atoms with E-state index in [4.69, 9.17) is 9.57 Å². The number of hydrogen-bond donors (Lipinski definition) is 0. The number of epoxide rings is 1. The summed E-state index contributed by atoms with van der Waals surface area (Å²) >= 11 is 0. The summed E-state index contributed by atoms with van der Waals surface area (Å²) < 4.78 is 5.10. The molecule has 0 aromatic heterocycles. The highest BCUT2D eigenvalue weighted by Crippen LogP contribution is 2.42. The summed E-state index contributed by atoms with van der Waals surface area (Å²) in [4.78, 5) is 4.89. The molecule has 1 fully saturated rings. The van der Waals surface area contributed by atoms with E-state index in [-0.39, 0.29) is 11.9 Å². The molecule has 2 aliphatic rings. The second-order valence-corrected chi connectivity index (χ2v) is 2.34. The molecule has 1 unspecified atom stereocenters. The maximum atomic E-state index is 5.10. The van der Waals surface area contributed by atoms with Crippen LogP contribution in [-0.2, 0) is 9.57 Å². The van der Waals surface area contributed by atoms with Crippen LogP contribution in [0.3, 0.4) is 0 Å². The molecule has 0 saturated carbocycles. The Labute approximate surface area is 47.3 Å². The smallest absolute Gasteiger partial charge is 0.267 e. The van der Waals surface area contributed by atoms with E-state index < -0.39 is 0 Å². The molecule has 2 aliphatic heterocycles. The summed E-state index contributed by atoms with van der Waals surface area (Å²) in [6.45, 7) is 3.79. The average Bonchev–Trinajstić information content (AvgIpc) is 2.32. The third kappa shape index (κ3) is 0.314. The topological polar surface area (TPSA) is 34.1 Å². The van der Waals surface area contributed by atoms with Crippen LogP contribution in [0.25, 0.3) is 0 Å². The Bertz CT molecular complexity index is 166. The number of hydrogen-bond acceptors (Lipinski definition) is 3. The molecule has 0 N–H and O–H groups in total. The molecule has 0 amide bonds. The van der Waals surface area contributed by atoms with E-state index >= 15 is 0 Å². The van der Waals surface area contributed by atoms with Crippen LogP contribution < -0.4 is 0 Å². The maximum Gasteiger partial charge on any atom is 0.267 e. The van der Waals surface area contributed by atoms with Gasteiger partial charge in [0.1, 0.15) is 0 Å². The van der Waals surface area contributed by atoms with E-state index in [1.165, 1.54) is 0 Å². The van der Waals surface area contributed by atoms with Crippen molar-refractivity contribution >= 4 is 5.71 Å². The molecule has 1 saturated heterocycles. The molecule has 0 bridgehead atoms. The van der Waals surface area contributed by atoms with Crippen LogP contribution in [0, 0.1) is 0 Å². The third-order valence-electron chi connectivity index (χ3n) is 1.52. The van der Waals surface area contributed by atoms with Gasteiger partial charge >= 0.3 is 0 Å². The summed E-state index contributed by atoms with van der Waals surface area (Å²) in [6.07, 6.45) is 0.155. The maximum absolute atomic E-state index is 5.10. The molecule has 2 atom stereocenters. The van der Waals surface area contributed by atoms with Gasteiger partial charge in [0.2, 0.25) is 0 Å². The predicted molar refractivity (Wildman–Crippen MR) is 27.5 cm³/mol. The van der Waals surface area contributed by atoms with Gasteiger partial charge in [0.25, 0.3) is 5.79 Å². The number of nitrogens with zero attached hydrogens (tertiary/aromatic N) is 1. The van der Waals surface area contributed by atoms with Crippen LogP contribution in [0.5, 0.6) is 0 Å². The fourth-order valence-electron chi connectivity index (χ4n) is 0.945. The molecular weight excluding hydrogens is 106 g/mol. The minimum absolute atomic E-state index is 0.155. The second-order valence-electron chi connectivity index (χ2n) is 2.34. The molecule has 0 radical (unpaired) electrons. The van der Waals surface area contributed by atoms with Crippen molar-refractivity contribution in [2.45, 2.75) is 25.7 Å². The van der Waals surface area contributed by atoms with Gasteiger partial charge in [-0.2, -0.15) is 0 Å². The van der Waals surface area contributed by atoms with Crippen LogP contribution >= 0.6 is 0 Å². The van der Waals surface area contributed by atoms with Gasteiger partial charge in [0.15, 0.2) is 6.10 Å². The molecule has 3 nitrogen and oxygen atoms in total. The molecule has 0 aliphatic carbocycles. The molecule has 0 aromatic carbocycles. The first-order valence-corrected chi connectivity index (χ1v) is 2.63. The number of fused-ring (bicyclic) bond motifs is 1. The van der Waals surface area contributed by atoms with E-state index in [1.807, 2.05) is 13.8 Å². The molecule has 3 heteroatoms. The summed E-state index contributed by atoms with van der Waals surface area (Å²) in [7, 11) is 0. The fraction of sp³-hybridized carbons (Fsp3) is 0.800. The average molecular weight is 113 g/mol. The van der Waals surface area contributed by atoms with Crippen molar-refractivity contribution in [2.75, 3.05) is 0 Å². The van der Waals surface area contributed by atoms with E-state index in [0.717, 1.165) is 5.71 Å². The highest BCUT2D eigenvalue weighted by molar-refractivity contribution is 5.90. The highest BCUT2D eigenvalue weighted by Gasteiger charge is 2.61. The summed E-state index contributed by atoms with van der Waals surface area (Å²) in [5, 5.41) is 3.73. The zero-order chi connectivity index (χ0) is 5.78. The molecule has 2 heterocycles. The van der Waals surface area contributed by atoms with Crippen molar-refractivity contribution in [3.8, 4) is 0 Å². The third-order valence-corrected chi connectivity index (χ3v) is 1.52. The molecule has 0 spiro atoms.